The largest absolute Gasteiger partial charge is 0.396 e. The Morgan fingerprint density at radius 3 is 2.55 bits per heavy atom. The topological polar surface area (TPSA) is 65.5 Å². The summed E-state index contributed by atoms with van der Waals surface area (Å²) < 4.78 is 0. The molecule has 0 bridgehead atoms. The molecule has 31 heavy (non-hydrogen) atoms. The van der Waals surface area contributed by atoms with Crippen LogP contribution in [0, 0.1) is 5.41 Å². The lowest BCUT2D eigenvalue weighted by Crippen LogP contribution is -2.42. The number of piperidine rings is 1. The highest BCUT2D eigenvalue weighted by atomic mass is 16.3. The van der Waals surface area contributed by atoms with Gasteiger partial charge in [0.25, 0.3) is 0 Å². The Labute approximate surface area is 184 Å². The second kappa shape index (κ2) is 9.58. The summed E-state index contributed by atoms with van der Waals surface area (Å²) in [6.45, 7) is 4.53. The number of benzene rings is 2. The molecule has 5 nitrogen and oxygen atoms in total. The second-order valence-corrected chi connectivity index (χ2v) is 8.78. The second-order valence-electron chi connectivity index (χ2n) is 8.78. The first-order valence-corrected chi connectivity index (χ1v) is 11.1. The number of nitrogens with one attached hydrogen (secondary N) is 1. The number of aliphatic hydroxyl groups is 1. The minimum absolute atomic E-state index is 0.0242. The summed E-state index contributed by atoms with van der Waals surface area (Å²) in [5, 5.41) is 14.0. The third-order valence-electron chi connectivity index (χ3n) is 6.52. The van der Waals surface area contributed by atoms with E-state index >= 15 is 0 Å². The smallest absolute Gasteiger partial charge is 0.221 e. The van der Waals surface area contributed by atoms with E-state index in [1.54, 1.807) is 0 Å². The van der Waals surface area contributed by atoms with Gasteiger partial charge in [0.05, 0.1) is 16.9 Å². The monoisotopic (exact) mass is 417 g/mol. The van der Waals surface area contributed by atoms with Crippen LogP contribution in [0.3, 0.4) is 0 Å². The SMILES string of the molecule is CC(=O)Nc1cccc2nc(CN3CCC(CO)(CCc4ccccc4)CC3)ccc12. The molecule has 1 aromatic heterocycles. The molecule has 1 aliphatic rings. The lowest BCUT2D eigenvalue weighted by atomic mass is 9.75. The van der Waals surface area contributed by atoms with Crippen molar-refractivity contribution in [2.24, 2.45) is 5.41 Å². The van der Waals surface area contributed by atoms with Crippen molar-refractivity contribution in [3.05, 3.63) is 71.9 Å². The van der Waals surface area contributed by atoms with Gasteiger partial charge < -0.3 is 10.4 Å². The third-order valence-corrected chi connectivity index (χ3v) is 6.52. The van der Waals surface area contributed by atoms with Gasteiger partial charge in [-0.3, -0.25) is 14.7 Å². The van der Waals surface area contributed by atoms with Crippen molar-refractivity contribution in [3.8, 4) is 0 Å². The van der Waals surface area contributed by atoms with Gasteiger partial charge in [-0.15, -0.1) is 0 Å². The molecule has 1 saturated heterocycles. The van der Waals surface area contributed by atoms with E-state index < -0.39 is 0 Å². The zero-order chi connectivity index (χ0) is 21.7. The Bertz CT molecular complexity index is 1030. The van der Waals surface area contributed by atoms with Crippen molar-refractivity contribution in [2.75, 3.05) is 25.0 Å². The number of carbonyl (C=O) groups excluding carboxylic acids is 1. The number of pyridine rings is 1. The molecule has 2 N–H and O–H groups in total. The molecule has 0 saturated carbocycles. The van der Waals surface area contributed by atoms with Crippen molar-refractivity contribution in [1.29, 1.82) is 0 Å². The van der Waals surface area contributed by atoms with Crippen molar-refractivity contribution >= 4 is 22.5 Å². The molecule has 1 amide bonds. The van der Waals surface area contributed by atoms with Crippen molar-refractivity contribution in [3.63, 3.8) is 0 Å². The fourth-order valence-electron chi connectivity index (χ4n) is 4.54. The van der Waals surface area contributed by atoms with Gasteiger partial charge in [-0.25, -0.2) is 0 Å². The van der Waals surface area contributed by atoms with E-state index in [4.69, 9.17) is 4.98 Å². The Hall–Kier alpha value is -2.76. The average Bonchev–Trinajstić information content (AvgIpc) is 2.79. The van der Waals surface area contributed by atoms with Gasteiger partial charge in [0.1, 0.15) is 0 Å². The van der Waals surface area contributed by atoms with Crippen LogP contribution >= 0.6 is 0 Å². The summed E-state index contributed by atoms with van der Waals surface area (Å²) in [6, 6.07) is 20.5. The number of amides is 1. The molecule has 0 unspecified atom stereocenters. The minimum Gasteiger partial charge on any atom is -0.396 e. The quantitative estimate of drug-likeness (QED) is 0.598. The van der Waals surface area contributed by atoms with E-state index in [0.717, 1.165) is 67.6 Å². The zero-order valence-electron chi connectivity index (χ0n) is 18.2. The van der Waals surface area contributed by atoms with Crippen molar-refractivity contribution in [1.82, 2.24) is 9.88 Å². The Morgan fingerprint density at radius 1 is 1.06 bits per heavy atom. The molecule has 3 aromatic rings. The van der Waals surface area contributed by atoms with Crippen LogP contribution in [-0.4, -0.2) is 40.6 Å². The predicted molar refractivity (Wildman–Crippen MR) is 125 cm³/mol. The van der Waals surface area contributed by atoms with Gasteiger partial charge in [0.15, 0.2) is 0 Å². The summed E-state index contributed by atoms with van der Waals surface area (Å²) in [5.41, 5.74) is 4.10. The number of anilines is 1. The lowest BCUT2D eigenvalue weighted by molar-refractivity contribution is -0.114. The highest BCUT2D eigenvalue weighted by molar-refractivity contribution is 6.00. The van der Waals surface area contributed by atoms with Crippen molar-refractivity contribution in [2.45, 2.75) is 39.2 Å². The summed E-state index contributed by atoms with van der Waals surface area (Å²) in [6.07, 6.45) is 4.07. The van der Waals surface area contributed by atoms with Gasteiger partial charge in [0, 0.05) is 25.5 Å². The molecular formula is C26H31N3O2. The Balaban J connectivity index is 1.37. The highest BCUT2D eigenvalue weighted by Gasteiger charge is 2.33. The number of rotatable bonds is 7. The molecule has 2 heterocycles. The van der Waals surface area contributed by atoms with Gasteiger partial charge in [-0.2, -0.15) is 0 Å². The minimum atomic E-state index is -0.0791. The standard InChI is InChI=1S/C26H31N3O2/c1-20(31)27-24-8-5-9-25-23(24)11-10-22(28-25)18-29-16-14-26(19-30,15-17-29)13-12-21-6-3-2-4-7-21/h2-11,30H,12-19H2,1H3,(H,27,31). The van der Waals surface area contributed by atoms with Crippen LogP contribution in [-0.2, 0) is 17.8 Å². The number of hydrogen-bond donors (Lipinski definition) is 2. The van der Waals surface area contributed by atoms with E-state index in [1.165, 1.54) is 12.5 Å². The number of aliphatic hydroxyl groups excluding tert-OH is 1. The van der Waals surface area contributed by atoms with Crippen LogP contribution < -0.4 is 5.32 Å². The first-order chi connectivity index (χ1) is 15.1. The Morgan fingerprint density at radius 2 is 1.84 bits per heavy atom. The molecule has 4 rings (SSSR count). The zero-order valence-corrected chi connectivity index (χ0v) is 18.2. The number of aromatic nitrogens is 1. The van der Waals surface area contributed by atoms with Crippen LogP contribution in [0.4, 0.5) is 5.69 Å². The maximum Gasteiger partial charge on any atom is 0.221 e. The molecule has 1 fully saturated rings. The summed E-state index contributed by atoms with van der Waals surface area (Å²) >= 11 is 0. The van der Waals surface area contributed by atoms with Gasteiger partial charge in [-0.05, 0) is 74.0 Å². The highest BCUT2D eigenvalue weighted by Crippen LogP contribution is 2.36. The van der Waals surface area contributed by atoms with Crippen LogP contribution in [0.1, 0.15) is 37.4 Å². The van der Waals surface area contributed by atoms with E-state index in [0.29, 0.717) is 0 Å². The fraction of sp³-hybridized carbons (Fsp3) is 0.385. The third kappa shape index (κ3) is 5.30. The van der Waals surface area contributed by atoms with Gasteiger partial charge in [-0.1, -0.05) is 36.4 Å². The van der Waals surface area contributed by atoms with Crippen LogP contribution in [0.25, 0.3) is 10.9 Å². The summed E-state index contributed by atoms with van der Waals surface area (Å²) in [5.74, 6) is -0.0791. The summed E-state index contributed by atoms with van der Waals surface area (Å²) in [4.78, 5) is 18.7. The Kier molecular flexibility index (Phi) is 6.64. The maximum absolute atomic E-state index is 11.4. The number of likely N-dealkylation sites (tertiary alicyclic amines) is 1. The van der Waals surface area contributed by atoms with Gasteiger partial charge >= 0.3 is 0 Å². The molecule has 162 valence electrons. The first-order valence-electron chi connectivity index (χ1n) is 11.1. The number of aryl methyl sites for hydroxylation is 1. The molecule has 5 heteroatoms. The summed E-state index contributed by atoms with van der Waals surface area (Å²) in [7, 11) is 0. The first kappa shape index (κ1) is 21.5. The molecule has 1 aliphatic heterocycles. The lowest BCUT2D eigenvalue weighted by Gasteiger charge is -2.41. The van der Waals surface area contributed by atoms with Gasteiger partial charge in [0.2, 0.25) is 5.91 Å². The maximum atomic E-state index is 11.4. The van der Waals surface area contributed by atoms with Crippen LogP contribution in [0.2, 0.25) is 0 Å². The fourth-order valence-corrected chi connectivity index (χ4v) is 4.54. The number of carbonyl (C=O) groups is 1. The number of fused-ring (bicyclic) bond motifs is 1. The molecule has 2 aromatic carbocycles. The van der Waals surface area contributed by atoms with E-state index in [9.17, 15) is 9.90 Å². The molecule has 0 spiro atoms. The molecule has 0 atom stereocenters. The van der Waals surface area contributed by atoms with E-state index in [1.807, 2.05) is 30.3 Å². The average molecular weight is 418 g/mol. The van der Waals surface area contributed by atoms with Crippen LogP contribution in [0.5, 0.6) is 0 Å². The number of nitrogens with zero attached hydrogens (tertiary/aromatic N) is 2. The van der Waals surface area contributed by atoms with Crippen molar-refractivity contribution < 1.29 is 9.90 Å². The normalized spacial score (nSPS) is 16.3. The molecular weight excluding hydrogens is 386 g/mol. The predicted octanol–water partition coefficient (Wildman–Crippen LogP) is 4.40. The van der Waals surface area contributed by atoms with E-state index in [-0.39, 0.29) is 17.9 Å². The molecule has 0 radical (unpaired) electrons. The van der Waals surface area contributed by atoms with Crippen LogP contribution in [0.15, 0.2) is 60.7 Å². The number of hydrogen-bond acceptors (Lipinski definition) is 4. The molecule has 0 aliphatic carbocycles. The van der Waals surface area contributed by atoms with E-state index in [2.05, 4.69) is 40.5 Å².